The molecule has 14 nitrogen and oxygen atoms in total. The fourth-order valence-corrected chi connectivity index (χ4v) is 3.02. The number of carbonyl (C=O) groups excluding carboxylic acids is 7. The van der Waals surface area contributed by atoms with Crippen LogP contribution in [0, 0.1) is 0 Å². The molecule has 0 unspecified atom stereocenters. The molecule has 0 fully saturated rings. The summed E-state index contributed by atoms with van der Waals surface area (Å²) in [4.78, 5) is 94.6. The summed E-state index contributed by atoms with van der Waals surface area (Å²) in [5, 5.41) is 13.0. The highest BCUT2D eigenvalue weighted by atomic mass is 16.7. The molecular formula is C23H23N3O11. The number of ketones is 3. The van der Waals surface area contributed by atoms with Crippen molar-refractivity contribution < 1.29 is 53.1 Å². The number of aliphatic hydroxyl groups excluding tert-OH is 1. The number of anilines is 1. The molecule has 0 aromatic heterocycles. The predicted molar refractivity (Wildman–Crippen MR) is 122 cm³/mol. The Labute approximate surface area is 209 Å². The summed E-state index contributed by atoms with van der Waals surface area (Å²) < 4.78 is 4.51. The maximum atomic E-state index is 12.6. The molecule has 1 aromatic carbocycles. The van der Waals surface area contributed by atoms with Crippen LogP contribution in [0.15, 0.2) is 40.8 Å². The van der Waals surface area contributed by atoms with Crippen molar-refractivity contribution in [1.82, 2.24) is 11.0 Å². The number of benzene rings is 1. The lowest BCUT2D eigenvalue weighted by molar-refractivity contribution is -0.155. The van der Waals surface area contributed by atoms with Crippen LogP contribution in [0.3, 0.4) is 0 Å². The lowest BCUT2D eigenvalue weighted by Crippen LogP contribution is -2.32. The molecule has 1 aliphatic rings. The Bertz CT molecular complexity index is 1210. The molecule has 0 radical (unpaired) electrons. The molecule has 1 heterocycles. The highest BCUT2D eigenvalue weighted by Gasteiger charge is 2.36. The van der Waals surface area contributed by atoms with Crippen molar-refractivity contribution >= 4 is 46.8 Å². The second-order valence-electron chi connectivity index (χ2n) is 7.27. The number of Topliss-reactive ketones (excluding diaryl/α,β-unsaturated/α-hetero) is 3. The van der Waals surface area contributed by atoms with E-state index in [1.165, 1.54) is 6.92 Å². The minimum absolute atomic E-state index is 0.0621. The van der Waals surface area contributed by atoms with Crippen molar-refractivity contribution in [1.29, 1.82) is 0 Å². The second-order valence-corrected chi connectivity index (χ2v) is 7.27. The van der Waals surface area contributed by atoms with Crippen molar-refractivity contribution in [3.63, 3.8) is 0 Å². The van der Waals surface area contributed by atoms with Crippen molar-refractivity contribution in [3.8, 4) is 0 Å². The summed E-state index contributed by atoms with van der Waals surface area (Å²) >= 11 is 0. The molecule has 0 spiro atoms. The van der Waals surface area contributed by atoms with Crippen LogP contribution >= 0.6 is 0 Å². The fourth-order valence-electron chi connectivity index (χ4n) is 3.02. The monoisotopic (exact) mass is 517 g/mol. The Morgan fingerprint density at radius 3 is 1.76 bits per heavy atom. The molecule has 0 saturated carbocycles. The normalized spacial score (nSPS) is 14.5. The molecule has 4 N–H and O–H groups in total. The SMILES string of the molecule is CCONC(=O)C(=O)c1cc(N/C(C)=C2\C(=O)OC(=O)C(C(C)=O)=C2O)cc(C(=O)C(=O)NOCC)c1. The number of esters is 2. The summed E-state index contributed by atoms with van der Waals surface area (Å²) in [5.41, 5.74) is 1.54. The molecule has 196 valence electrons. The first-order valence-electron chi connectivity index (χ1n) is 10.7. The highest BCUT2D eigenvalue weighted by molar-refractivity contribution is 6.45. The molecule has 0 bridgehead atoms. The third-order valence-electron chi connectivity index (χ3n) is 4.61. The molecule has 2 rings (SSSR count). The zero-order valence-corrected chi connectivity index (χ0v) is 20.2. The summed E-state index contributed by atoms with van der Waals surface area (Å²) in [5.74, 6) is -9.01. The van der Waals surface area contributed by atoms with Crippen LogP contribution in [0.2, 0.25) is 0 Å². The molecule has 1 aromatic rings. The Balaban J connectivity index is 2.59. The first kappa shape index (κ1) is 28.5. The number of aliphatic hydroxyl groups is 1. The van der Waals surface area contributed by atoms with Crippen LogP contribution in [0.4, 0.5) is 5.69 Å². The van der Waals surface area contributed by atoms with Gasteiger partial charge in [0.2, 0.25) is 0 Å². The van der Waals surface area contributed by atoms with Gasteiger partial charge in [0.15, 0.2) is 5.78 Å². The van der Waals surface area contributed by atoms with Gasteiger partial charge in [-0.15, -0.1) is 0 Å². The van der Waals surface area contributed by atoms with E-state index in [1.807, 2.05) is 11.0 Å². The largest absolute Gasteiger partial charge is 0.506 e. The van der Waals surface area contributed by atoms with E-state index in [-0.39, 0.29) is 35.7 Å². The number of nitrogens with one attached hydrogen (secondary N) is 3. The number of rotatable bonds is 11. The Hall–Kier alpha value is -4.69. The maximum absolute atomic E-state index is 12.6. The number of carbonyl (C=O) groups is 7. The molecule has 0 saturated heterocycles. The van der Waals surface area contributed by atoms with Gasteiger partial charge in [-0.2, -0.15) is 0 Å². The minimum Gasteiger partial charge on any atom is -0.506 e. The standard InChI is InChI=1S/C23H23N3O11/c1-5-35-25-20(31)17(28)12-7-13(18(29)21(32)26-36-6-2)9-14(8-12)24-10(3)15-19(30)16(11(4)27)23(34)37-22(15)33/h7-9,24,30H,5-6H2,1-4H3,(H,25,31)(H,26,32)/b15-10-. The number of hydrogen-bond donors (Lipinski definition) is 4. The van der Waals surface area contributed by atoms with E-state index in [9.17, 15) is 38.7 Å². The van der Waals surface area contributed by atoms with Crippen molar-refractivity contribution in [2.45, 2.75) is 27.7 Å². The zero-order valence-electron chi connectivity index (χ0n) is 20.2. The molecule has 37 heavy (non-hydrogen) atoms. The van der Waals surface area contributed by atoms with Crippen LogP contribution in [0.25, 0.3) is 0 Å². The third-order valence-corrected chi connectivity index (χ3v) is 4.61. The van der Waals surface area contributed by atoms with E-state index in [1.54, 1.807) is 13.8 Å². The van der Waals surface area contributed by atoms with E-state index >= 15 is 0 Å². The van der Waals surface area contributed by atoms with Crippen LogP contribution in [-0.4, -0.2) is 59.4 Å². The van der Waals surface area contributed by atoms with Gasteiger partial charge in [0.25, 0.3) is 11.6 Å². The van der Waals surface area contributed by atoms with Gasteiger partial charge in [-0.3, -0.25) is 33.6 Å². The van der Waals surface area contributed by atoms with E-state index in [0.29, 0.717) is 0 Å². The van der Waals surface area contributed by atoms with Gasteiger partial charge in [-0.1, -0.05) is 0 Å². The first-order valence-corrected chi connectivity index (χ1v) is 10.7. The summed E-state index contributed by atoms with van der Waals surface area (Å²) in [7, 11) is 0. The van der Waals surface area contributed by atoms with Crippen LogP contribution in [0.5, 0.6) is 0 Å². The van der Waals surface area contributed by atoms with Crippen LogP contribution in [-0.2, 0) is 38.4 Å². The summed E-state index contributed by atoms with van der Waals surface area (Å²) in [6.07, 6.45) is 0. The van der Waals surface area contributed by atoms with Gasteiger partial charge in [0.05, 0.1) is 13.2 Å². The van der Waals surface area contributed by atoms with Crippen molar-refractivity contribution in [2.75, 3.05) is 18.5 Å². The zero-order chi connectivity index (χ0) is 27.9. The number of hydrogen-bond acceptors (Lipinski definition) is 12. The molecular weight excluding hydrogens is 494 g/mol. The summed E-state index contributed by atoms with van der Waals surface area (Å²) in [6, 6.07) is 3.20. The van der Waals surface area contributed by atoms with E-state index in [2.05, 4.69) is 10.1 Å². The van der Waals surface area contributed by atoms with Crippen LogP contribution in [0.1, 0.15) is 48.4 Å². The fraction of sp³-hybridized carbons (Fsp3) is 0.261. The highest BCUT2D eigenvalue weighted by Crippen LogP contribution is 2.27. The Morgan fingerprint density at radius 2 is 1.32 bits per heavy atom. The van der Waals surface area contributed by atoms with Gasteiger partial charge in [0.1, 0.15) is 16.9 Å². The van der Waals surface area contributed by atoms with Gasteiger partial charge < -0.3 is 15.2 Å². The summed E-state index contributed by atoms with van der Waals surface area (Å²) in [6.45, 7) is 5.49. The quantitative estimate of drug-likeness (QED) is 0.0597. The van der Waals surface area contributed by atoms with E-state index < -0.39 is 58.0 Å². The van der Waals surface area contributed by atoms with Gasteiger partial charge in [0, 0.05) is 22.5 Å². The lowest BCUT2D eigenvalue weighted by atomic mass is 10.0. The number of hydroxylamine groups is 2. The number of cyclic esters (lactones) is 2. The predicted octanol–water partition coefficient (Wildman–Crippen LogP) is 0.358. The maximum Gasteiger partial charge on any atom is 0.353 e. The topological polar surface area (TPSA) is 203 Å². The molecule has 14 heteroatoms. The van der Waals surface area contributed by atoms with Crippen molar-refractivity contribution in [3.05, 3.63) is 51.9 Å². The molecule has 0 aliphatic carbocycles. The average molecular weight is 517 g/mol. The van der Waals surface area contributed by atoms with E-state index in [0.717, 1.165) is 25.1 Å². The molecule has 2 amide bonds. The Kier molecular flexibility index (Phi) is 9.51. The minimum atomic E-state index is -1.33. The Morgan fingerprint density at radius 1 is 0.838 bits per heavy atom. The number of allylic oxidation sites excluding steroid dienone is 1. The van der Waals surface area contributed by atoms with Gasteiger partial charge in [-0.05, 0) is 45.9 Å². The third kappa shape index (κ3) is 6.71. The first-order chi connectivity index (χ1) is 17.4. The average Bonchev–Trinajstić information content (AvgIpc) is 2.83. The van der Waals surface area contributed by atoms with Gasteiger partial charge in [-0.25, -0.2) is 20.5 Å². The number of ether oxygens (including phenoxy) is 1. The van der Waals surface area contributed by atoms with E-state index in [4.69, 9.17) is 9.68 Å². The lowest BCUT2D eigenvalue weighted by Gasteiger charge is -2.19. The number of amides is 2. The smallest absolute Gasteiger partial charge is 0.353 e. The second kappa shape index (κ2) is 12.3. The molecule has 1 aliphatic heterocycles. The molecule has 0 atom stereocenters. The van der Waals surface area contributed by atoms with Gasteiger partial charge >= 0.3 is 23.8 Å². The van der Waals surface area contributed by atoms with Crippen LogP contribution < -0.4 is 16.3 Å². The van der Waals surface area contributed by atoms with Crippen molar-refractivity contribution in [2.24, 2.45) is 0 Å².